The first-order valence-electron chi connectivity index (χ1n) is 8.70. The highest BCUT2D eigenvalue weighted by Crippen LogP contribution is 2.29. The van der Waals surface area contributed by atoms with Gasteiger partial charge in [0.05, 0.1) is 18.1 Å². The lowest BCUT2D eigenvalue weighted by Crippen LogP contribution is -2.51. The zero-order valence-corrected chi connectivity index (χ0v) is 15.9. The van der Waals surface area contributed by atoms with Gasteiger partial charge in [0.2, 0.25) is 10.0 Å². The van der Waals surface area contributed by atoms with Gasteiger partial charge in [0, 0.05) is 18.6 Å². The quantitative estimate of drug-likeness (QED) is 0.676. The molecule has 4 N–H and O–H groups in total. The Bertz CT molecular complexity index is 633. The van der Waals surface area contributed by atoms with Crippen LogP contribution in [-0.4, -0.2) is 46.8 Å². The molecule has 1 saturated heterocycles. The normalized spacial score (nSPS) is 27.0. The van der Waals surface area contributed by atoms with Crippen molar-refractivity contribution in [1.29, 1.82) is 0 Å². The summed E-state index contributed by atoms with van der Waals surface area (Å²) in [6.45, 7) is 3.47. The molecular weight excluding hydrogens is 362 g/mol. The Hall–Kier alpha value is -0.700. The molecule has 0 bridgehead atoms. The number of hydrogen-bond donors (Lipinski definition) is 3. The number of halogens is 1. The van der Waals surface area contributed by atoms with E-state index in [2.05, 4.69) is 10.6 Å². The predicted octanol–water partition coefficient (Wildman–Crippen LogP) is 1.04. The van der Waals surface area contributed by atoms with Crippen molar-refractivity contribution in [2.75, 3.05) is 26.3 Å². The zero-order chi connectivity index (χ0) is 17.0. The Balaban J connectivity index is 0.00000225. The number of ether oxygens (including phenoxy) is 1. The van der Waals surface area contributed by atoms with Gasteiger partial charge in [-0.15, -0.1) is 12.4 Å². The summed E-state index contributed by atoms with van der Waals surface area (Å²) in [5.41, 5.74) is 1.11. The van der Waals surface area contributed by atoms with Crippen LogP contribution in [0.2, 0.25) is 0 Å². The van der Waals surface area contributed by atoms with Gasteiger partial charge >= 0.3 is 0 Å². The number of hydrogen-bond acceptors (Lipinski definition) is 5. The molecule has 142 valence electrons. The van der Waals surface area contributed by atoms with Crippen LogP contribution in [0.1, 0.15) is 24.8 Å². The summed E-state index contributed by atoms with van der Waals surface area (Å²) in [6, 6.07) is 7.83. The van der Waals surface area contributed by atoms with E-state index in [-0.39, 0.29) is 17.3 Å². The molecule has 25 heavy (non-hydrogen) atoms. The van der Waals surface area contributed by atoms with Crippen LogP contribution < -0.4 is 15.8 Å². The van der Waals surface area contributed by atoms with Crippen molar-refractivity contribution < 1.29 is 13.2 Å². The van der Waals surface area contributed by atoms with Crippen molar-refractivity contribution in [3.05, 3.63) is 29.8 Å². The first-order valence-corrected chi connectivity index (χ1v) is 10.2. The van der Waals surface area contributed by atoms with Gasteiger partial charge in [0.1, 0.15) is 0 Å². The van der Waals surface area contributed by atoms with Crippen molar-refractivity contribution in [3.63, 3.8) is 0 Å². The summed E-state index contributed by atoms with van der Waals surface area (Å²) >= 11 is 0. The molecule has 8 heteroatoms. The maximum Gasteiger partial charge on any atom is 0.238 e. The molecule has 3 unspecified atom stereocenters. The van der Waals surface area contributed by atoms with E-state index in [1.807, 2.05) is 12.1 Å². The van der Waals surface area contributed by atoms with E-state index < -0.39 is 10.0 Å². The summed E-state index contributed by atoms with van der Waals surface area (Å²) in [5, 5.41) is 12.4. The Morgan fingerprint density at radius 2 is 2.00 bits per heavy atom. The van der Waals surface area contributed by atoms with E-state index in [1.54, 1.807) is 12.1 Å². The first kappa shape index (κ1) is 20.6. The third-order valence-corrected chi connectivity index (χ3v) is 6.04. The number of primary sulfonamides is 1. The fourth-order valence-electron chi connectivity index (χ4n) is 3.83. The molecule has 1 aliphatic carbocycles. The van der Waals surface area contributed by atoms with Crippen LogP contribution in [0.15, 0.2) is 29.2 Å². The summed E-state index contributed by atoms with van der Waals surface area (Å²) < 4.78 is 28.1. The van der Waals surface area contributed by atoms with Crippen molar-refractivity contribution in [1.82, 2.24) is 10.6 Å². The number of morpholine rings is 1. The third-order valence-electron chi connectivity index (χ3n) is 5.11. The van der Waals surface area contributed by atoms with Crippen LogP contribution in [-0.2, 0) is 21.2 Å². The number of benzene rings is 1. The highest BCUT2D eigenvalue weighted by atomic mass is 35.5. The van der Waals surface area contributed by atoms with E-state index in [4.69, 9.17) is 9.88 Å². The number of sulfonamides is 1. The molecule has 0 radical (unpaired) electrons. The predicted molar refractivity (Wildman–Crippen MR) is 101 cm³/mol. The number of nitrogens with two attached hydrogens (primary N) is 1. The minimum Gasteiger partial charge on any atom is -0.379 e. The van der Waals surface area contributed by atoms with Crippen LogP contribution in [0.3, 0.4) is 0 Å². The Kier molecular flexibility index (Phi) is 7.67. The monoisotopic (exact) mass is 389 g/mol. The molecule has 0 amide bonds. The highest BCUT2D eigenvalue weighted by Gasteiger charge is 2.34. The van der Waals surface area contributed by atoms with Gasteiger partial charge in [-0.3, -0.25) is 0 Å². The molecule has 1 saturated carbocycles. The maximum absolute atomic E-state index is 11.3. The van der Waals surface area contributed by atoms with Gasteiger partial charge in [0.15, 0.2) is 0 Å². The largest absolute Gasteiger partial charge is 0.379 e. The van der Waals surface area contributed by atoms with E-state index in [1.165, 1.54) is 19.3 Å². The Labute approximate surface area is 156 Å². The lowest BCUT2D eigenvalue weighted by Gasteiger charge is -2.33. The second kappa shape index (κ2) is 9.30. The topological polar surface area (TPSA) is 93.5 Å². The molecule has 1 aromatic carbocycles. The SMILES string of the molecule is Cl.NS(=O)(=O)c1ccc(CCNC2CCCC2C2COCCN2)cc1. The van der Waals surface area contributed by atoms with Crippen LogP contribution in [0.25, 0.3) is 0 Å². The van der Waals surface area contributed by atoms with Crippen LogP contribution in [0.5, 0.6) is 0 Å². The lowest BCUT2D eigenvalue weighted by molar-refractivity contribution is 0.0526. The van der Waals surface area contributed by atoms with Gasteiger partial charge in [0.25, 0.3) is 0 Å². The second-order valence-electron chi connectivity index (χ2n) is 6.73. The molecule has 0 aromatic heterocycles. The minimum atomic E-state index is -3.61. The molecule has 0 spiro atoms. The van der Waals surface area contributed by atoms with Crippen LogP contribution in [0.4, 0.5) is 0 Å². The van der Waals surface area contributed by atoms with Gasteiger partial charge in [-0.05, 0) is 49.4 Å². The van der Waals surface area contributed by atoms with Crippen molar-refractivity contribution in [2.24, 2.45) is 11.1 Å². The van der Waals surface area contributed by atoms with Gasteiger partial charge in [-0.1, -0.05) is 18.6 Å². The van der Waals surface area contributed by atoms with Crippen molar-refractivity contribution in [2.45, 2.75) is 42.7 Å². The molecular formula is C17H28ClN3O3S. The van der Waals surface area contributed by atoms with Crippen LogP contribution in [0, 0.1) is 5.92 Å². The summed E-state index contributed by atoms with van der Waals surface area (Å²) in [6.07, 6.45) is 4.61. The number of nitrogens with one attached hydrogen (secondary N) is 2. The molecule has 3 rings (SSSR count). The average Bonchev–Trinajstić information content (AvgIpc) is 3.04. The average molecular weight is 390 g/mol. The van der Waals surface area contributed by atoms with Crippen LogP contribution >= 0.6 is 12.4 Å². The maximum atomic E-state index is 11.3. The van der Waals surface area contributed by atoms with Gasteiger partial charge < -0.3 is 15.4 Å². The molecule has 3 atom stereocenters. The van der Waals surface area contributed by atoms with Gasteiger partial charge in [-0.25, -0.2) is 13.6 Å². The lowest BCUT2D eigenvalue weighted by atomic mass is 9.94. The van der Waals surface area contributed by atoms with E-state index >= 15 is 0 Å². The molecule has 2 fully saturated rings. The summed E-state index contributed by atoms with van der Waals surface area (Å²) in [7, 11) is -3.61. The zero-order valence-electron chi connectivity index (χ0n) is 14.3. The molecule has 1 aromatic rings. The van der Waals surface area contributed by atoms with Crippen molar-refractivity contribution in [3.8, 4) is 0 Å². The molecule has 1 heterocycles. The van der Waals surface area contributed by atoms with E-state index in [9.17, 15) is 8.42 Å². The van der Waals surface area contributed by atoms with E-state index in [0.717, 1.165) is 38.3 Å². The Morgan fingerprint density at radius 1 is 1.24 bits per heavy atom. The van der Waals surface area contributed by atoms with Gasteiger partial charge in [-0.2, -0.15) is 0 Å². The standard InChI is InChI=1S/C17H27N3O3S.ClH/c18-24(21,22)14-6-4-13(5-7-14)8-9-19-16-3-1-2-15(16)17-12-23-11-10-20-17;/h4-7,15-17,19-20H,1-3,8-12H2,(H2,18,21,22);1H. The minimum absolute atomic E-state index is 0. The molecule has 1 aliphatic heterocycles. The second-order valence-corrected chi connectivity index (χ2v) is 8.29. The smallest absolute Gasteiger partial charge is 0.238 e. The summed E-state index contributed by atoms with van der Waals surface area (Å²) in [5.74, 6) is 0.634. The molecule has 6 nitrogen and oxygen atoms in total. The highest BCUT2D eigenvalue weighted by molar-refractivity contribution is 7.89. The number of rotatable bonds is 6. The van der Waals surface area contributed by atoms with E-state index in [0.29, 0.717) is 18.0 Å². The summed E-state index contributed by atoms with van der Waals surface area (Å²) in [4.78, 5) is 0.165. The Morgan fingerprint density at radius 3 is 2.64 bits per heavy atom. The third kappa shape index (κ3) is 5.64. The molecule has 2 aliphatic rings. The fraction of sp³-hybridized carbons (Fsp3) is 0.647. The van der Waals surface area contributed by atoms with Crippen molar-refractivity contribution >= 4 is 22.4 Å². The fourth-order valence-corrected chi connectivity index (χ4v) is 4.35. The first-order chi connectivity index (χ1) is 11.5.